The first-order valence-electron chi connectivity index (χ1n) is 10.6. The molecule has 0 radical (unpaired) electrons. The van der Waals surface area contributed by atoms with Crippen LogP contribution in [0.5, 0.6) is 0 Å². The van der Waals surface area contributed by atoms with E-state index in [2.05, 4.69) is 20.0 Å². The quantitative estimate of drug-likeness (QED) is 0.461. The predicted molar refractivity (Wildman–Crippen MR) is 109 cm³/mol. The highest BCUT2D eigenvalue weighted by Crippen LogP contribution is 2.36. The molecule has 1 aliphatic rings. The Balaban J connectivity index is 1.37. The summed E-state index contributed by atoms with van der Waals surface area (Å²) in [6.07, 6.45) is -4.49. The van der Waals surface area contributed by atoms with E-state index in [9.17, 15) is 26.7 Å². The third kappa shape index (κ3) is 4.68. The first kappa shape index (κ1) is 23.9. The summed E-state index contributed by atoms with van der Waals surface area (Å²) >= 11 is 0. The molecule has 0 unspecified atom stereocenters. The molecular formula is C21H22F5N5O3. The highest BCUT2D eigenvalue weighted by atomic mass is 19.4. The number of aromatic nitrogens is 4. The minimum absolute atomic E-state index is 0.0956. The summed E-state index contributed by atoms with van der Waals surface area (Å²) in [7, 11) is 0. The SMILES string of the molecule is CC(C)n1ncc2ccc(-c3noc(C4CCN(C(=O)OCC(F)(F)C(F)(F)F)CC4)n3)cc21. The number of nitrogens with zero attached hydrogens (tertiary/aromatic N) is 5. The van der Waals surface area contributed by atoms with Gasteiger partial charge in [-0.1, -0.05) is 17.3 Å². The molecule has 0 aliphatic carbocycles. The van der Waals surface area contributed by atoms with Crippen LogP contribution in [0, 0.1) is 0 Å². The summed E-state index contributed by atoms with van der Waals surface area (Å²) in [5.41, 5.74) is 1.68. The van der Waals surface area contributed by atoms with Gasteiger partial charge in [0.15, 0.2) is 6.61 Å². The lowest BCUT2D eigenvalue weighted by atomic mass is 9.97. The first-order valence-corrected chi connectivity index (χ1v) is 10.6. The van der Waals surface area contributed by atoms with E-state index in [0.717, 1.165) is 21.4 Å². The van der Waals surface area contributed by atoms with Gasteiger partial charge in [-0.15, -0.1) is 0 Å². The second kappa shape index (κ2) is 8.84. The number of carbonyl (C=O) groups is 1. The molecule has 0 bridgehead atoms. The number of carbonyl (C=O) groups excluding carboxylic acids is 1. The number of piperidine rings is 1. The largest absolute Gasteiger partial charge is 0.456 e. The Hall–Kier alpha value is -3.25. The summed E-state index contributed by atoms with van der Waals surface area (Å²) in [5, 5.41) is 9.41. The van der Waals surface area contributed by atoms with Gasteiger partial charge in [0, 0.05) is 36.0 Å². The number of amides is 1. The van der Waals surface area contributed by atoms with Crippen molar-refractivity contribution in [1.29, 1.82) is 0 Å². The van der Waals surface area contributed by atoms with Gasteiger partial charge in [-0.2, -0.15) is 32.0 Å². The lowest BCUT2D eigenvalue weighted by Gasteiger charge is -2.30. The van der Waals surface area contributed by atoms with Crippen molar-refractivity contribution in [3.8, 4) is 11.4 Å². The molecule has 0 saturated carbocycles. The second-order valence-electron chi connectivity index (χ2n) is 8.43. The fourth-order valence-corrected chi connectivity index (χ4v) is 3.74. The normalized spacial score (nSPS) is 15.9. The molecule has 0 N–H and O–H groups in total. The number of likely N-dealkylation sites (tertiary alicyclic amines) is 1. The Morgan fingerprint density at radius 3 is 2.56 bits per heavy atom. The Morgan fingerprint density at radius 1 is 1.21 bits per heavy atom. The van der Waals surface area contributed by atoms with Crippen LogP contribution >= 0.6 is 0 Å². The van der Waals surface area contributed by atoms with Crippen molar-refractivity contribution in [2.75, 3.05) is 19.7 Å². The van der Waals surface area contributed by atoms with E-state index in [-0.39, 0.29) is 25.0 Å². The Morgan fingerprint density at radius 2 is 1.91 bits per heavy atom. The fourth-order valence-electron chi connectivity index (χ4n) is 3.74. The van der Waals surface area contributed by atoms with Gasteiger partial charge in [0.05, 0.1) is 11.7 Å². The number of halogens is 5. The van der Waals surface area contributed by atoms with E-state index < -0.39 is 24.8 Å². The number of ether oxygens (including phenoxy) is 1. The van der Waals surface area contributed by atoms with Gasteiger partial charge in [-0.3, -0.25) is 4.68 Å². The molecule has 0 atom stereocenters. The second-order valence-corrected chi connectivity index (χ2v) is 8.43. The maximum Gasteiger partial charge on any atom is 0.456 e. The van der Waals surface area contributed by atoms with Crippen LogP contribution < -0.4 is 0 Å². The number of hydrogen-bond donors (Lipinski definition) is 0. The molecule has 1 aromatic carbocycles. The minimum atomic E-state index is -5.78. The van der Waals surface area contributed by atoms with Gasteiger partial charge in [0.1, 0.15) is 0 Å². The summed E-state index contributed by atoms with van der Waals surface area (Å²) < 4.78 is 74.1. The fraction of sp³-hybridized carbons (Fsp3) is 0.524. The summed E-state index contributed by atoms with van der Waals surface area (Å²) in [6.45, 7) is 2.18. The zero-order valence-corrected chi connectivity index (χ0v) is 18.4. The first-order chi connectivity index (χ1) is 16.0. The molecule has 184 valence electrons. The van der Waals surface area contributed by atoms with E-state index in [1.54, 1.807) is 6.20 Å². The monoisotopic (exact) mass is 487 g/mol. The van der Waals surface area contributed by atoms with E-state index in [0.29, 0.717) is 24.6 Å². The highest BCUT2D eigenvalue weighted by Gasteiger charge is 2.58. The van der Waals surface area contributed by atoms with Crippen molar-refractivity contribution in [3.63, 3.8) is 0 Å². The third-order valence-electron chi connectivity index (χ3n) is 5.68. The molecule has 1 saturated heterocycles. The molecule has 1 fully saturated rings. The molecule has 3 aromatic rings. The Kier molecular flexibility index (Phi) is 6.21. The molecule has 2 aromatic heterocycles. The van der Waals surface area contributed by atoms with Crippen molar-refractivity contribution < 1.29 is 36.0 Å². The number of hydrogen-bond acceptors (Lipinski definition) is 6. The lowest BCUT2D eigenvalue weighted by molar-refractivity contribution is -0.292. The van der Waals surface area contributed by atoms with E-state index in [4.69, 9.17) is 4.52 Å². The van der Waals surface area contributed by atoms with Crippen molar-refractivity contribution in [3.05, 3.63) is 30.3 Å². The predicted octanol–water partition coefficient (Wildman–Crippen LogP) is 5.18. The third-order valence-corrected chi connectivity index (χ3v) is 5.68. The number of benzene rings is 1. The zero-order chi connectivity index (χ0) is 24.7. The van der Waals surface area contributed by atoms with Crippen molar-refractivity contribution in [2.45, 2.75) is 50.7 Å². The van der Waals surface area contributed by atoms with Gasteiger partial charge in [-0.05, 0) is 32.8 Å². The van der Waals surface area contributed by atoms with E-state index in [1.807, 2.05) is 36.7 Å². The van der Waals surface area contributed by atoms with E-state index in [1.165, 1.54) is 0 Å². The molecule has 8 nitrogen and oxygen atoms in total. The summed E-state index contributed by atoms with van der Waals surface area (Å²) in [4.78, 5) is 17.5. The van der Waals surface area contributed by atoms with Gasteiger partial charge < -0.3 is 14.2 Å². The molecule has 4 rings (SSSR count). The van der Waals surface area contributed by atoms with Gasteiger partial charge in [0.25, 0.3) is 0 Å². The molecule has 3 heterocycles. The van der Waals surface area contributed by atoms with Crippen LogP contribution in [0.3, 0.4) is 0 Å². The number of rotatable bonds is 5. The maximum absolute atomic E-state index is 13.0. The van der Waals surface area contributed by atoms with Crippen molar-refractivity contribution in [2.24, 2.45) is 0 Å². The van der Waals surface area contributed by atoms with Gasteiger partial charge in [0.2, 0.25) is 11.7 Å². The van der Waals surface area contributed by atoms with Crippen molar-refractivity contribution in [1.82, 2.24) is 24.8 Å². The van der Waals surface area contributed by atoms with Crippen LogP contribution in [0.4, 0.5) is 26.7 Å². The Labute approximate surface area is 190 Å². The standard InChI is InChI=1S/C21H22F5N5O3/c1-12(2)31-16-9-14(3-4-15(16)10-27-31)17-28-18(34-29-17)13-5-7-30(8-6-13)19(32)33-11-20(22,23)21(24,25)26/h3-4,9-10,12-13H,5-8,11H2,1-2H3. The number of fused-ring (bicyclic) bond motifs is 1. The van der Waals surface area contributed by atoms with Crippen LogP contribution in [0.1, 0.15) is 44.5 Å². The lowest BCUT2D eigenvalue weighted by Crippen LogP contribution is -2.44. The van der Waals surface area contributed by atoms with Crippen LogP contribution in [0.25, 0.3) is 22.3 Å². The molecule has 1 amide bonds. The van der Waals surface area contributed by atoms with Crippen LogP contribution in [0.15, 0.2) is 28.9 Å². The minimum Gasteiger partial charge on any atom is -0.443 e. The van der Waals surface area contributed by atoms with Gasteiger partial charge >= 0.3 is 18.2 Å². The average molecular weight is 487 g/mol. The molecule has 13 heteroatoms. The smallest absolute Gasteiger partial charge is 0.443 e. The van der Waals surface area contributed by atoms with Gasteiger partial charge in [-0.25, -0.2) is 4.79 Å². The molecule has 1 aliphatic heterocycles. The summed E-state index contributed by atoms with van der Waals surface area (Å²) in [5.74, 6) is -4.53. The van der Waals surface area contributed by atoms with Crippen LogP contribution in [0.2, 0.25) is 0 Å². The van der Waals surface area contributed by atoms with Crippen LogP contribution in [-0.2, 0) is 4.74 Å². The van der Waals surface area contributed by atoms with Crippen molar-refractivity contribution >= 4 is 17.0 Å². The van der Waals surface area contributed by atoms with E-state index >= 15 is 0 Å². The molecular weight excluding hydrogens is 465 g/mol. The summed E-state index contributed by atoms with van der Waals surface area (Å²) in [6, 6.07) is 5.87. The van der Waals surface area contributed by atoms with Crippen LogP contribution in [-0.4, -0.2) is 62.7 Å². The Bertz CT molecular complexity index is 1170. The molecule has 0 spiro atoms. The number of alkyl halides is 5. The topological polar surface area (TPSA) is 86.3 Å². The zero-order valence-electron chi connectivity index (χ0n) is 18.4. The maximum atomic E-state index is 13.0. The molecule has 34 heavy (non-hydrogen) atoms. The highest BCUT2D eigenvalue weighted by molar-refractivity contribution is 5.83. The average Bonchev–Trinajstić information content (AvgIpc) is 3.44.